The zero-order valence-electron chi connectivity index (χ0n) is 16.3. The van der Waals surface area contributed by atoms with E-state index in [1.807, 2.05) is 18.2 Å². The Hall–Kier alpha value is -0.790. The summed E-state index contributed by atoms with van der Waals surface area (Å²) in [6.07, 6.45) is 2.00. The highest BCUT2D eigenvalue weighted by atomic mass is 35.5. The fraction of sp³-hybridized carbons (Fsp3) is 0.429. The predicted molar refractivity (Wildman–Crippen MR) is 122 cm³/mol. The van der Waals surface area contributed by atoms with Gasteiger partial charge in [-0.2, -0.15) is 0 Å². The first kappa shape index (κ1) is 20.5. The van der Waals surface area contributed by atoms with E-state index >= 15 is 0 Å². The number of thioether (sulfide) groups is 2. The van der Waals surface area contributed by atoms with E-state index in [1.54, 1.807) is 34.9 Å². The minimum absolute atomic E-state index is 0.151. The molecule has 0 amide bonds. The molecule has 0 aliphatic carbocycles. The van der Waals surface area contributed by atoms with Gasteiger partial charge in [0.05, 0.1) is 12.2 Å². The number of ether oxygens (including phenoxy) is 1. The van der Waals surface area contributed by atoms with Crippen LogP contribution in [0, 0.1) is 0 Å². The van der Waals surface area contributed by atoms with Crippen molar-refractivity contribution in [1.82, 2.24) is 9.97 Å². The lowest BCUT2D eigenvalue weighted by molar-refractivity contribution is -0.0379. The third kappa shape index (κ3) is 4.36. The quantitative estimate of drug-likeness (QED) is 0.229. The van der Waals surface area contributed by atoms with E-state index in [-0.39, 0.29) is 5.60 Å². The standard InChI is InChI=1S/C21H23ClN2OS3/c1-4-9-26-20-23-18(27-12-13-7-5-6-8-15(13)22)17-14-10-21(2,3)25-11-16(14)28-19(17)24-20/h5-8H,4,9-12H2,1-3H3. The van der Waals surface area contributed by atoms with E-state index in [0.29, 0.717) is 6.61 Å². The maximum atomic E-state index is 6.38. The molecule has 0 atom stereocenters. The summed E-state index contributed by atoms with van der Waals surface area (Å²) in [6, 6.07) is 8.03. The number of aromatic nitrogens is 2. The lowest BCUT2D eigenvalue weighted by Crippen LogP contribution is -2.31. The molecule has 1 aliphatic heterocycles. The van der Waals surface area contributed by atoms with E-state index < -0.39 is 0 Å². The van der Waals surface area contributed by atoms with Crippen LogP contribution in [-0.2, 0) is 23.5 Å². The molecule has 148 valence electrons. The molecule has 0 saturated carbocycles. The molecule has 3 nitrogen and oxygen atoms in total. The fourth-order valence-corrected chi connectivity index (χ4v) is 6.54. The van der Waals surface area contributed by atoms with Crippen molar-refractivity contribution in [2.24, 2.45) is 0 Å². The molecule has 4 rings (SSSR count). The predicted octanol–water partition coefficient (Wildman–Crippen LogP) is 6.99. The zero-order valence-corrected chi connectivity index (χ0v) is 19.5. The van der Waals surface area contributed by atoms with Crippen LogP contribution in [0.5, 0.6) is 0 Å². The number of fused-ring (bicyclic) bond motifs is 3. The summed E-state index contributed by atoms with van der Waals surface area (Å²) in [5.74, 6) is 1.83. The monoisotopic (exact) mass is 450 g/mol. The molecule has 28 heavy (non-hydrogen) atoms. The second-order valence-electron chi connectivity index (χ2n) is 7.45. The van der Waals surface area contributed by atoms with Crippen LogP contribution < -0.4 is 0 Å². The Labute approximate surface area is 183 Å². The number of benzene rings is 1. The van der Waals surface area contributed by atoms with Gasteiger partial charge in [-0.05, 0) is 37.5 Å². The third-order valence-corrected chi connectivity index (χ3v) is 8.18. The Bertz CT molecular complexity index is 1000. The average Bonchev–Trinajstić information content (AvgIpc) is 3.02. The van der Waals surface area contributed by atoms with Crippen LogP contribution in [0.4, 0.5) is 0 Å². The molecule has 1 aromatic carbocycles. The summed E-state index contributed by atoms with van der Waals surface area (Å²) in [7, 11) is 0. The normalized spacial score (nSPS) is 15.7. The van der Waals surface area contributed by atoms with Crippen molar-refractivity contribution < 1.29 is 4.74 Å². The average molecular weight is 451 g/mol. The van der Waals surface area contributed by atoms with Gasteiger partial charge in [-0.1, -0.05) is 48.5 Å². The van der Waals surface area contributed by atoms with Crippen molar-refractivity contribution in [3.8, 4) is 0 Å². The van der Waals surface area contributed by atoms with Crippen LogP contribution in [0.25, 0.3) is 10.2 Å². The molecule has 0 spiro atoms. The van der Waals surface area contributed by atoms with Gasteiger partial charge in [0.25, 0.3) is 0 Å². The van der Waals surface area contributed by atoms with Crippen molar-refractivity contribution in [2.75, 3.05) is 5.75 Å². The van der Waals surface area contributed by atoms with Gasteiger partial charge >= 0.3 is 0 Å². The highest BCUT2D eigenvalue weighted by molar-refractivity contribution is 7.99. The maximum absolute atomic E-state index is 6.38. The number of halogens is 1. The van der Waals surface area contributed by atoms with Crippen molar-refractivity contribution in [2.45, 2.75) is 61.8 Å². The van der Waals surface area contributed by atoms with Gasteiger partial charge in [0.2, 0.25) is 0 Å². The highest BCUT2D eigenvalue weighted by Gasteiger charge is 2.31. The highest BCUT2D eigenvalue weighted by Crippen LogP contribution is 2.43. The number of hydrogen-bond acceptors (Lipinski definition) is 6. The maximum Gasteiger partial charge on any atom is 0.190 e. The second kappa shape index (κ2) is 8.52. The van der Waals surface area contributed by atoms with Crippen molar-refractivity contribution in [3.63, 3.8) is 0 Å². The summed E-state index contributed by atoms with van der Waals surface area (Å²) in [5.41, 5.74) is 2.35. The van der Waals surface area contributed by atoms with Gasteiger partial charge in [0.1, 0.15) is 9.86 Å². The topological polar surface area (TPSA) is 35.0 Å². The van der Waals surface area contributed by atoms with Crippen LogP contribution in [0.15, 0.2) is 34.4 Å². The molecule has 0 bridgehead atoms. The molecule has 3 heterocycles. The number of nitrogens with zero attached hydrogens (tertiary/aromatic N) is 2. The molecule has 3 aromatic rings. The molecule has 0 unspecified atom stereocenters. The molecule has 1 aliphatic rings. The zero-order chi connectivity index (χ0) is 19.7. The first-order valence-corrected chi connectivity index (χ1v) is 12.6. The van der Waals surface area contributed by atoms with Gasteiger partial charge in [-0.25, -0.2) is 9.97 Å². The van der Waals surface area contributed by atoms with Gasteiger partial charge in [0, 0.05) is 33.2 Å². The summed E-state index contributed by atoms with van der Waals surface area (Å²) in [5, 5.41) is 3.96. The van der Waals surface area contributed by atoms with Gasteiger partial charge in [-0.3, -0.25) is 0 Å². The van der Waals surface area contributed by atoms with E-state index in [2.05, 4.69) is 26.8 Å². The van der Waals surface area contributed by atoms with Crippen LogP contribution in [0.2, 0.25) is 5.02 Å². The lowest BCUT2D eigenvalue weighted by atomic mass is 9.95. The van der Waals surface area contributed by atoms with Crippen molar-refractivity contribution >= 4 is 56.7 Å². The Morgan fingerprint density at radius 3 is 2.82 bits per heavy atom. The van der Waals surface area contributed by atoms with Crippen LogP contribution >= 0.6 is 46.5 Å². The minimum atomic E-state index is -0.151. The number of thiophene rings is 1. The molecule has 0 fully saturated rings. The van der Waals surface area contributed by atoms with E-state index in [0.717, 1.165) is 49.9 Å². The first-order chi connectivity index (χ1) is 13.5. The van der Waals surface area contributed by atoms with Crippen LogP contribution in [0.3, 0.4) is 0 Å². The minimum Gasteiger partial charge on any atom is -0.370 e. The Balaban J connectivity index is 1.75. The van der Waals surface area contributed by atoms with Crippen LogP contribution in [0.1, 0.15) is 43.2 Å². The fourth-order valence-electron chi connectivity index (χ4n) is 3.22. The summed E-state index contributed by atoms with van der Waals surface area (Å²) in [6.45, 7) is 7.15. The number of rotatable bonds is 6. The Morgan fingerprint density at radius 2 is 2.04 bits per heavy atom. The largest absolute Gasteiger partial charge is 0.370 e. The van der Waals surface area contributed by atoms with Crippen LogP contribution in [-0.4, -0.2) is 21.3 Å². The Kier molecular flexibility index (Phi) is 6.23. The summed E-state index contributed by atoms with van der Waals surface area (Å²) < 4.78 is 6.03. The first-order valence-electron chi connectivity index (χ1n) is 9.42. The molecule has 0 radical (unpaired) electrons. The smallest absolute Gasteiger partial charge is 0.190 e. The number of hydrogen-bond donors (Lipinski definition) is 0. The second-order valence-corrected chi connectivity index (χ2v) is 11.0. The molecule has 0 saturated heterocycles. The van der Waals surface area contributed by atoms with Gasteiger partial charge in [0.15, 0.2) is 5.16 Å². The SMILES string of the molecule is CCCSc1nc(SCc2ccccc2Cl)c2c3c(sc2n1)COC(C)(C)C3. The van der Waals surface area contributed by atoms with E-state index in [1.165, 1.54) is 15.8 Å². The molecule has 2 aromatic heterocycles. The lowest BCUT2D eigenvalue weighted by Gasteiger charge is -2.30. The molecular weight excluding hydrogens is 428 g/mol. The van der Waals surface area contributed by atoms with Crippen molar-refractivity contribution in [1.29, 1.82) is 0 Å². The molecular formula is C21H23ClN2OS3. The summed E-state index contributed by atoms with van der Waals surface area (Å²) in [4.78, 5) is 12.2. The Morgan fingerprint density at radius 1 is 1.21 bits per heavy atom. The van der Waals surface area contributed by atoms with Gasteiger partial charge < -0.3 is 4.74 Å². The summed E-state index contributed by atoms with van der Waals surface area (Å²) >= 11 is 11.6. The molecule has 7 heteroatoms. The third-order valence-electron chi connectivity index (χ3n) is 4.63. The van der Waals surface area contributed by atoms with Gasteiger partial charge in [-0.15, -0.1) is 23.1 Å². The van der Waals surface area contributed by atoms with Crippen molar-refractivity contribution in [3.05, 3.63) is 45.3 Å². The van der Waals surface area contributed by atoms with E-state index in [4.69, 9.17) is 26.3 Å². The van der Waals surface area contributed by atoms with E-state index in [9.17, 15) is 0 Å². The molecule has 0 N–H and O–H groups in total.